The molecule has 10 heteroatoms. The normalized spacial score (nSPS) is 14.9. The number of hydrogen-bond acceptors (Lipinski definition) is 7. The van der Waals surface area contributed by atoms with E-state index in [2.05, 4.69) is 5.43 Å². The van der Waals surface area contributed by atoms with Gasteiger partial charge in [0.2, 0.25) is 0 Å². The first-order valence-corrected chi connectivity index (χ1v) is 9.38. The molecule has 0 aliphatic carbocycles. The van der Waals surface area contributed by atoms with Gasteiger partial charge in [0.05, 0.1) is 4.91 Å². The van der Waals surface area contributed by atoms with Gasteiger partial charge in [-0.3, -0.25) is 15.0 Å². The number of phenols is 1. The minimum absolute atomic E-state index is 0.0227. The molecule has 8 nitrogen and oxygen atoms in total. The number of ether oxygens (including phenoxy) is 1. The van der Waals surface area contributed by atoms with E-state index in [1.165, 1.54) is 24.3 Å². The molecule has 3 N–H and O–H groups in total. The average Bonchev–Trinajstić information content (AvgIpc) is 2.95. The molecule has 2 aromatic carbocycles. The number of carbonyl (C=O) groups excluding carboxylic acids is 2. The Kier molecular flexibility index (Phi) is 6.15. The molecule has 1 saturated heterocycles. The number of nitrogens with one attached hydrogen (secondary N) is 1. The number of aromatic hydroxyl groups is 1. The molecule has 1 fully saturated rings. The zero-order valence-corrected chi connectivity index (χ0v) is 16.3. The van der Waals surface area contributed by atoms with Crippen LogP contribution in [0.25, 0.3) is 6.08 Å². The molecule has 0 aromatic heterocycles. The van der Waals surface area contributed by atoms with Gasteiger partial charge in [-0.05, 0) is 60.3 Å². The van der Waals surface area contributed by atoms with Crippen molar-refractivity contribution in [2.24, 2.45) is 0 Å². The van der Waals surface area contributed by atoms with Crippen molar-refractivity contribution < 1.29 is 29.3 Å². The maximum atomic E-state index is 12.6. The van der Waals surface area contributed by atoms with Crippen LogP contribution >= 0.6 is 24.0 Å². The Bertz CT molecular complexity index is 1000. The number of carboxylic acids is 1. The Balaban J connectivity index is 1.68. The molecule has 0 unspecified atom stereocenters. The van der Waals surface area contributed by atoms with Crippen molar-refractivity contribution in [3.63, 3.8) is 0 Å². The van der Waals surface area contributed by atoms with E-state index in [0.717, 1.165) is 16.8 Å². The molecule has 2 aromatic rings. The van der Waals surface area contributed by atoms with Crippen LogP contribution < -0.4 is 10.2 Å². The standard InChI is InChI=1S/C19H14N2O6S2/c22-13-5-3-12(4-6-13)17(25)20-21-18(26)15(29-19(21)28)9-11-1-7-14(8-2-11)27-10-16(23)24/h1-9,22H,10H2,(H,20,25)(H,23,24)/b15-9-. The van der Waals surface area contributed by atoms with Crippen molar-refractivity contribution in [2.45, 2.75) is 0 Å². The maximum Gasteiger partial charge on any atom is 0.341 e. The van der Waals surface area contributed by atoms with Gasteiger partial charge in [0.15, 0.2) is 10.9 Å². The SMILES string of the molecule is O=C(O)COc1ccc(/C=C2\SC(=S)N(NC(=O)c3ccc(O)cc3)C2=O)cc1. The largest absolute Gasteiger partial charge is 0.508 e. The third-order valence-electron chi connectivity index (χ3n) is 3.68. The molecular weight excluding hydrogens is 416 g/mol. The summed E-state index contributed by atoms with van der Waals surface area (Å²) in [4.78, 5) is 35.7. The number of hydrogen-bond donors (Lipinski definition) is 3. The lowest BCUT2D eigenvalue weighted by Crippen LogP contribution is -2.44. The first-order valence-electron chi connectivity index (χ1n) is 8.16. The maximum absolute atomic E-state index is 12.6. The third kappa shape index (κ3) is 5.12. The van der Waals surface area contributed by atoms with Crippen molar-refractivity contribution in [1.82, 2.24) is 10.4 Å². The number of amides is 2. The first kappa shape index (κ1) is 20.4. The fraction of sp³-hybridized carbons (Fsp3) is 0.0526. The number of carbonyl (C=O) groups is 3. The molecular formula is C19H14N2O6S2. The highest BCUT2D eigenvalue weighted by atomic mass is 32.2. The summed E-state index contributed by atoms with van der Waals surface area (Å²) in [5, 5.41) is 18.9. The van der Waals surface area contributed by atoms with Gasteiger partial charge in [-0.1, -0.05) is 23.9 Å². The second kappa shape index (κ2) is 8.76. The minimum Gasteiger partial charge on any atom is -0.508 e. The second-order valence-corrected chi connectivity index (χ2v) is 7.43. The number of benzene rings is 2. The lowest BCUT2D eigenvalue weighted by molar-refractivity contribution is -0.139. The molecule has 3 rings (SSSR count). The van der Waals surface area contributed by atoms with Gasteiger partial charge in [0.25, 0.3) is 11.8 Å². The Labute approximate surface area is 174 Å². The molecule has 1 aliphatic rings. The number of rotatable bonds is 6. The van der Waals surface area contributed by atoms with Gasteiger partial charge in [-0.2, -0.15) is 5.01 Å². The van der Waals surface area contributed by atoms with E-state index in [1.54, 1.807) is 30.3 Å². The Morgan fingerprint density at radius 2 is 1.79 bits per heavy atom. The van der Waals surface area contributed by atoms with Gasteiger partial charge in [0.1, 0.15) is 11.5 Å². The van der Waals surface area contributed by atoms with Crippen LogP contribution in [-0.4, -0.2) is 43.9 Å². The van der Waals surface area contributed by atoms with E-state index in [0.29, 0.717) is 16.2 Å². The van der Waals surface area contributed by atoms with Crippen LogP contribution in [0, 0.1) is 0 Å². The van der Waals surface area contributed by atoms with E-state index < -0.39 is 24.4 Å². The van der Waals surface area contributed by atoms with Gasteiger partial charge < -0.3 is 14.9 Å². The van der Waals surface area contributed by atoms with Crippen molar-refractivity contribution in [3.05, 3.63) is 64.6 Å². The summed E-state index contributed by atoms with van der Waals surface area (Å²) in [7, 11) is 0. The second-order valence-electron chi connectivity index (χ2n) is 5.76. The fourth-order valence-corrected chi connectivity index (χ4v) is 3.48. The van der Waals surface area contributed by atoms with Gasteiger partial charge >= 0.3 is 5.97 Å². The highest BCUT2D eigenvalue weighted by molar-refractivity contribution is 8.26. The van der Waals surface area contributed by atoms with Crippen molar-refractivity contribution in [1.29, 1.82) is 0 Å². The molecule has 0 saturated carbocycles. The van der Waals surface area contributed by atoms with E-state index in [1.807, 2.05) is 0 Å². The van der Waals surface area contributed by atoms with E-state index in [9.17, 15) is 19.5 Å². The highest BCUT2D eigenvalue weighted by Crippen LogP contribution is 2.31. The molecule has 0 atom stereocenters. The van der Waals surface area contributed by atoms with Gasteiger partial charge in [0, 0.05) is 5.56 Å². The minimum atomic E-state index is -1.08. The summed E-state index contributed by atoms with van der Waals surface area (Å²) in [6, 6.07) is 12.1. The van der Waals surface area contributed by atoms with E-state index >= 15 is 0 Å². The predicted molar refractivity (Wildman–Crippen MR) is 110 cm³/mol. The zero-order valence-electron chi connectivity index (χ0n) is 14.7. The number of hydrazine groups is 1. The summed E-state index contributed by atoms with van der Waals surface area (Å²) in [6.07, 6.45) is 1.60. The number of thioether (sulfide) groups is 1. The molecule has 29 heavy (non-hydrogen) atoms. The van der Waals surface area contributed by atoms with Crippen LogP contribution in [0.4, 0.5) is 0 Å². The fourth-order valence-electron chi connectivity index (χ4n) is 2.30. The van der Waals surface area contributed by atoms with Crippen LogP contribution in [-0.2, 0) is 9.59 Å². The summed E-state index contributed by atoms with van der Waals surface area (Å²) >= 11 is 6.22. The molecule has 2 amide bonds. The van der Waals surface area contributed by atoms with E-state index in [-0.39, 0.29) is 15.6 Å². The summed E-state index contributed by atoms with van der Waals surface area (Å²) < 4.78 is 5.23. The van der Waals surface area contributed by atoms with Crippen molar-refractivity contribution in [2.75, 3.05) is 6.61 Å². The Morgan fingerprint density at radius 3 is 2.41 bits per heavy atom. The van der Waals surface area contributed by atoms with Crippen molar-refractivity contribution in [3.8, 4) is 11.5 Å². The monoisotopic (exact) mass is 430 g/mol. The number of phenolic OH excluding ortho intramolecular Hbond substituents is 1. The van der Waals surface area contributed by atoms with Crippen LogP contribution in [0.5, 0.6) is 11.5 Å². The average molecular weight is 430 g/mol. The van der Waals surface area contributed by atoms with Crippen LogP contribution in [0.1, 0.15) is 15.9 Å². The molecule has 1 heterocycles. The number of aliphatic carboxylic acids is 1. The zero-order chi connectivity index (χ0) is 21.0. The molecule has 0 spiro atoms. The third-order valence-corrected chi connectivity index (χ3v) is 4.98. The number of thiocarbonyl (C=S) groups is 1. The molecule has 0 bridgehead atoms. The van der Waals surface area contributed by atoms with Crippen LogP contribution in [0.3, 0.4) is 0 Å². The molecule has 148 valence electrons. The molecule has 1 aliphatic heterocycles. The lowest BCUT2D eigenvalue weighted by Gasteiger charge is -2.15. The number of carboxylic acid groups (broad SMARTS) is 1. The molecule has 0 radical (unpaired) electrons. The quantitative estimate of drug-likeness (QED) is 0.473. The van der Waals surface area contributed by atoms with Gasteiger partial charge in [-0.25, -0.2) is 4.79 Å². The number of nitrogens with zero attached hydrogens (tertiary/aromatic N) is 1. The Morgan fingerprint density at radius 1 is 1.14 bits per heavy atom. The van der Waals surface area contributed by atoms with Gasteiger partial charge in [-0.15, -0.1) is 0 Å². The summed E-state index contributed by atoms with van der Waals surface area (Å²) in [5.74, 6) is -1.68. The topological polar surface area (TPSA) is 116 Å². The van der Waals surface area contributed by atoms with Crippen molar-refractivity contribution >= 4 is 52.2 Å². The van der Waals surface area contributed by atoms with E-state index in [4.69, 9.17) is 22.1 Å². The highest BCUT2D eigenvalue weighted by Gasteiger charge is 2.33. The summed E-state index contributed by atoms with van der Waals surface area (Å²) in [6.45, 7) is -0.446. The first-order chi connectivity index (χ1) is 13.8. The lowest BCUT2D eigenvalue weighted by atomic mass is 10.2. The summed E-state index contributed by atoms with van der Waals surface area (Å²) in [5.41, 5.74) is 3.39. The van der Waals surface area contributed by atoms with Crippen LogP contribution in [0.2, 0.25) is 0 Å². The van der Waals surface area contributed by atoms with Crippen LogP contribution in [0.15, 0.2) is 53.4 Å². The Hall–Kier alpha value is -3.37. The smallest absolute Gasteiger partial charge is 0.341 e. The predicted octanol–water partition coefficient (Wildman–Crippen LogP) is 2.40.